The van der Waals surface area contributed by atoms with Crippen LogP contribution in [-0.4, -0.2) is 104 Å². The number of aryl methyl sites for hydroxylation is 1. The predicted molar refractivity (Wildman–Crippen MR) is 178 cm³/mol. The number of piperidine rings is 2. The Morgan fingerprint density at radius 3 is 2.72 bits per heavy atom. The Balaban J connectivity index is 0.969. The first-order chi connectivity index (χ1) is 22.8. The summed E-state index contributed by atoms with van der Waals surface area (Å²) < 4.78 is 0. The summed E-state index contributed by atoms with van der Waals surface area (Å²) in [4.78, 5) is 37.9. The van der Waals surface area contributed by atoms with E-state index < -0.39 is 5.60 Å². The molecule has 4 aliphatic heterocycles. The van der Waals surface area contributed by atoms with Crippen LogP contribution in [-0.2, 0) is 16.1 Å². The van der Waals surface area contributed by atoms with E-state index in [1.165, 1.54) is 0 Å². The number of aromatic amines is 1. The number of likely N-dealkylation sites (tertiary alicyclic amines) is 2. The van der Waals surface area contributed by atoms with Crippen LogP contribution in [0.15, 0.2) is 54.9 Å². The van der Waals surface area contributed by atoms with Crippen molar-refractivity contribution in [2.45, 2.75) is 55.5 Å². The molecule has 0 radical (unpaired) electrons. The Hall–Kier alpha value is -3.76. The lowest BCUT2D eigenvalue weighted by molar-refractivity contribution is -0.149. The van der Waals surface area contributed by atoms with Gasteiger partial charge in [-0.3, -0.25) is 24.9 Å². The van der Waals surface area contributed by atoms with Gasteiger partial charge in [0.15, 0.2) is 0 Å². The van der Waals surface area contributed by atoms with Crippen molar-refractivity contribution >= 4 is 23.6 Å². The molecule has 6 heterocycles. The summed E-state index contributed by atoms with van der Waals surface area (Å²) in [6.45, 7) is 5.88. The molecule has 2 amide bonds. The minimum absolute atomic E-state index is 0.0412. The number of thioether (sulfide) groups is 1. The van der Waals surface area contributed by atoms with Crippen LogP contribution in [0.3, 0.4) is 0 Å². The third kappa shape index (κ3) is 6.54. The second-order valence-corrected chi connectivity index (χ2v) is 14.8. The molecule has 4 saturated heterocycles. The molecule has 11 nitrogen and oxygen atoms in total. The predicted octanol–water partition coefficient (Wildman–Crippen LogP) is 2.81. The highest BCUT2D eigenvalue weighted by molar-refractivity contribution is 7.99. The summed E-state index contributed by atoms with van der Waals surface area (Å²) in [5.74, 6) is 0.755. The minimum Gasteiger partial charge on any atom is -0.388 e. The number of fused-ring (bicyclic) bond motifs is 1. The molecule has 5 atom stereocenters. The summed E-state index contributed by atoms with van der Waals surface area (Å²) >= 11 is 1.79. The Morgan fingerprint density at radius 1 is 1.17 bits per heavy atom. The molecule has 7 rings (SSSR count). The number of nitrogens with one attached hydrogen (secondary N) is 2. The maximum Gasteiger partial charge on any atom is 0.229 e. The van der Waals surface area contributed by atoms with Gasteiger partial charge in [0.1, 0.15) is 11.8 Å². The number of nitrogens with zero attached hydrogens (tertiary/aromatic N) is 6. The fourth-order valence-electron chi connectivity index (χ4n) is 7.97. The highest BCUT2D eigenvalue weighted by Gasteiger charge is 2.49. The van der Waals surface area contributed by atoms with E-state index in [2.05, 4.69) is 43.6 Å². The van der Waals surface area contributed by atoms with Crippen LogP contribution in [0.4, 0.5) is 0 Å². The molecule has 3 unspecified atom stereocenters. The number of carbonyl (C=O) groups is 2. The fourth-order valence-corrected chi connectivity index (χ4v) is 9.65. The summed E-state index contributed by atoms with van der Waals surface area (Å²) in [6, 6.07) is 16.2. The molecule has 3 N–H and O–H groups in total. The number of hydrogen-bond donors (Lipinski definition) is 3. The van der Waals surface area contributed by atoms with Gasteiger partial charge in [-0.15, -0.1) is 0 Å². The van der Waals surface area contributed by atoms with Crippen LogP contribution < -0.4 is 5.32 Å². The highest BCUT2D eigenvalue weighted by Crippen LogP contribution is 2.46. The van der Waals surface area contributed by atoms with Crippen molar-refractivity contribution in [2.24, 2.45) is 11.8 Å². The number of pyridine rings is 1. The van der Waals surface area contributed by atoms with Gasteiger partial charge in [0.25, 0.3) is 0 Å². The number of aliphatic hydroxyl groups is 1. The van der Waals surface area contributed by atoms with Crippen LogP contribution >= 0.6 is 11.8 Å². The first-order valence-electron chi connectivity index (χ1n) is 16.6. The smallest absolute Gasteiger partial charge is 0.229 e. The molecule has 246 valence electrons. The molecular weight excluding hydrogens is 613 g/mol. The van der Waals surface area contributed by atoms with Gasteiger partial charge in [0, 0.05) is 72.5 Å². The number of nitriles is 1. The van der Waals surface area contributed by atoms with Crippen molar-refractivity contribution in [3.8, 4) is 6.07 Å². The van der Waals surface area contributed by atoms with Gasteiger partial charge in [0.2, 0.25) is 11.8 Å². The number of β-amino-alcohol motifs (C(OH)–C–C–N with tert-alkyl or cyclic N) is 1. The largest absolute Gasteiger partial charge is 0.388 e. The van der Waals surface area contributed by atoms with Gasteiger partial charge in [-0.1, -0.05) is 30.3 Å². The standard InChI is InChI=1S/C35H42N8O3S/c1-23-28(17-39-40-23)32-31-30(20-47-32)34(45)43(22-38-31)21-35(46)9-13-42(14-10-35)33(44)27-8-12-41(18-24-7-11-37-26(15-24)16-36)19-29(27)25-5-3-2-4-6-25/h2-7,11,15,17,27,29-32,38,46H,8-10,12-14,18-22H2,1H3,(H,39,40)/t27-,29+,30?,31?,32?/m1/s1. The zero-order valence-corrected chi connectivity index (χ0v) is 27.5. The molecule has 12 heteroatoms. The number of rotatable bonds is 7. The Labute approximate surface area is 279 Å². The number of amides is 2. The lowest BCUT2D eigenvalue weighted by Crippen LogP contribution is -2.61. The molecule has 2 aromatic heterocycles. The van der Waals surface area contributed by atoms with Crippen molar-refractivity contribution < 1.29 is 14.7 Å². The SMILES string of the molecule is Cc1[nH]ncc1C1SCC2C(=O)N(CC3(O)CCN(C(=O)[C@@H]4CCN(Cc5ccnc(C#N)c5)C[C@H]4c4ccccc4)CC3)CNC21. The number of H-pyrrole nitrogens is 1. The van der Waals surface area contributed by atoms with Gasteiger partial charge < -0.3 is 14.9 Å². The fraction of sp³-hybridized carbons (Fsp3) is 0.514. The van der Waals surface area contributed by atoms with Crippen molar-refractivity contribution in [2.75, 3.05) is 45.1 Å². The molecule has 47 heavy (non-hydrogen) atoms. The highest BCUT2D eigenvalue weighted by atomic mass is 32.2. The quantitative estimate of drug-likeness (QED) is 0.351. The van der Waals surface area contributed by atoms with E-state index in [9.17, 15) is 20.0 Å². The van der Waals surface area contributed by atoms with E-state index in [4.69, 9.17) is 0 Å². The molecule has 1 aromatic carbocycles. The third-order valence-corrected chi connectivity index (χ3v) is 12.1. The molecule has 4 fully saturated rings. The van der Waals surface area contributed by atoms with E-state index in [-0.39, 0.29) is 47.4 Å². The molecule has 0 aliphatic carbocycles. The van der Waals surface area contributed by atoms with Gasteiger partial charge >= 0.3 is 0 Å². The summed E-state index contributed by atoms with van der Waals surface area (Å²) in [6.07, 6.45) is 5.17. The first kappa shape index (κ1) is 31.8. The Kier molecular flexibility index (Phi) is 9.07. The number of aromatic nitrogens is 3. The normalized spacial score (nSPS) is 27.8. The van der Waals surface area contributed by atoms with Crippen molar-refractivity contribution in [3.05, 3.63) is 82.9 Å². The molecule has 4 aliphatic rings. The maximum absolute atomic E-state index is 14.1. The number of hydrogen-bond acceptors (Lipinski definition) is 9. The second-order valence-electron chi connectivity index (χ2n) is 13.6. The van der Waals surface area contributed by atoms with Gasteiger partial charge in [-0.05, 0) is 56.0 Å². The Morgan fingerprint density at radius 2 is 1.98 bits per heavy atom. The average Bonchev–Trinajstić information content (AvgIpc) is 3.72. The van der Waals surface area contributed by atoms with Crippen LogP contribution in [0.1, 0.15) is 58.5 Å². The average molecular weight is 655 g/mol. The van der Waals surface area contributed by atoms with Gasteiger partial charge in [-0.2, -0.15) is 22.1 Å². The molecular formula is C35H42N8O3S. The number of carbonyl (C=O) groups excluding carboxylic acids is 2. The van der Waals surface area contributed by atoms with E-state index in [0.717, 1.165) is 47.6 Å². The van der Waals surface area contributed by atoms with Gasteiger partial charge in [0.05, 0.1) is 30.9 Å². The van der Waals surface area contributed by atoms with Crippen LogP contribution in [0.25, 0.3) is 0 Å². The lowest BCUT2D eigenvalue weighted by Gasteiger charge is -2.45. The maximum atomic E-state index is 14.1. The van der Waals surface area contributed by atoms with E-state index in [0.29, 0.717) is 44.8 Å². The van der Waals surface area contributed by atoms with Crippen molar-refractivity contribution in [1.82, 2.24) is 35.2 Å². The van der Waals surface area contributed by atoms with E-state index in [1.54, 1.807) is 22.9 Å². The monoisotopic (exact) mass is 654 g/mol. The topological polar surface area (TPSA) is 141 Å². The molecule has 3 aromatic rings. The van der Waals surface area contributed by atoms with Gasteiger partial charge in [-0.25, -0.2) is 4.98 Å². The van der Waals surface area contributed by atoms with Crippen molar-refractivity contribution in [3.63, 3.8) is 0 Å². The Bertz CT molecular complexity index is 1630. The van der Waals surface area contributed by atoms with E-state index >= 15 is 0 Å². The third-order valence-electron chi connectivity index (χ3n) is 10.6. The zero-order chi connectivity index (χ0) is 32.5. The minimum atomic E-state index is -1.03. The lowest BCUT2D eigenvalue weighted by atomic mass is 9.79. The summed E-state index contributed by atoms with van der Waals surface area (Å²) in [7, 11) is 0. The van der Waals surface area contributed by atoms with Crippen LogP contribution in [0.2, 0.25) is 0 Å². The van der Waals surface area contributed by atoms with Crippen LogP contribution in [0.5, 0.6) is 0 Å². The zero-order valence-electron chi connectivity index (χ0n) is 26.7. The molecule has 0 saturated carbocycles. The summed E-state index contributed by atoms with van der Waals surface area (Å²) in [5.41, 5.74) is 3.77. The van der Waals surface area contributed by atoms with E-state index in [1.807, 2.05) is 48.4 Å². The summed E-state index contributed by atoms with van der Waals surface area (Å²) in [5, 5.41) is 31.9. The number of benzene rings is 1. The van der Waals surface area contributed by atoms with Crippen LogP contribution in [0, 0.1) is 30.1 Å². The second kappa shape index (κ2) is 13.4. The van der Waals surface area contributed by atoms with Crippen molar-refractivity contribution in [1.29, 1.82) is 5.26 Å². The first-order valence-corrected chi connectivity index (χ1v) is 17.6. The molecule has 0 spiro atoms. The molecule has 0 bridgehead atoms.